The Morgan fingerprint density at radius 2 is 1.33 bits per heavy atom. The Balaban J connectivity index is 0. The van der Waals surface area contributed by atoms with Crippen molar-refractivity contribution in [1.82, 2.24) is 5.32 Å². The lowest BCUT2D eigenvalue weighted by Gasteiger charge is -2.01. The number of rotatable bonds is 4. The van der Waals surface area contributed by atoms with Gasteiger partial charge < -0.3 is 43.0 Å². The number of thiophene rings is 2. The number of carbonyl (C=O) groups excluding carboxylic acids is 4. The van der Waals surface area contributed by atoms with Crippen molar-refractivity contribution in [3.63, 3.8) is 0 Å². The third-order valence-electron chi connectivity index (χ3n) is 2.72. The molecule has 0 fully saturated rings. The average Bonchev–Trinajstić information content (AvgIpc) is 3.30. The van der Waals surface area contributed by atoms with E-state index in [0.717, 1.165) is 15.1 Å². The van der Waals surface area contributed by atoms with Crippen LogP contribution in [0.1, 0.15) is 26.3 Å². The maximum absolute atomic E-state index is 11.3. The summed E-state index contributed by atoms with van der Waals surface area (Å²) in [6.45, 7) is 1.93. The van der Waals surface area contributed by atoms with Crippen molar-refractivity contribution >= 4 is 89.8 Å². The molecule has 0 saturated carbocycles. The lowest BCUT2D eigenvalue weighted by Crippen LogP contribution is -2.22. The lowest BCUT2D eigenvalue weighted by molar-refractivity contribution is 0.0607. The number of anilines is 2. The van der Waals surface area contributed by atoms with E-state index in [-0.39, 0.29) is 12.5 Å². The Hall–Kier alpha value is -2.24. The zero-order chi connectivity index (χ0) is 26.1. The molecule has 10 N–H and O–H groups in total. The van der Waals surface area contributed by atoms with E-state index in [0.29, 0.717) is 24.9 Å². The Morgan fingerprint density at radius 3 is 1.67 bits per heavy atom. The summed E-state index contributed by atoms with van der Waals surface area (Å²) < 4.78 is 5.99. The highest BCUT2D eigenvalue weighted by atomic mass is 79.9. The van der Waals surface area contributed by atoms with Gasteiger partial charge in [-0.3, -0.25) is 4.79 Å². The van der Waals surface area contributed by atoms with E-state index < -0.39 is 18.0 Å². The number of hydrogen-bond acceptors (Lipinski definition) is 9. The van der Waals surface area contributed by atoms with Crippen LogP contribution in [0.25, 0.3) is 0 Å². The summed E-state index contributed by atoms with van der Waals surface area (Å²) in [5, 5.41) is 14.7. The fourth-order valence-corrected chi connectivity index (χ4v) is 4.67. The lowest BCUT2D eigenvalue weighted by atomic mass is 10.3. The summed E-state index contributed by atoms with van der Waals surface area (Å²) >= 11 is 8.79. The summed E-state index contributed by atoms with van der Waals surface area (Å²) in [6.07, 6.45) is 0. The smallest absolute Gasteiger partial charge is 0.350 e. The molecule has 2 aromatic heterocycles. The summed E-state index contributed by atoms with van der Waals surface area (Å²) in [7, 11) is 4.29. The third-order valence-corrected chi connectivity index (χ3v) is 5.98. The molecule has 0 spiro atoms. The van der Waals surface area contributed by atoms with Crippen LogP contribution in [0.2, 0.25) is 0 Å². The van der Waals surface area contributed by atoms with Gasteiger partial charge in [0.2, 0.25) is 0 Å². The maximum Gasteiger partial charge on any atom is 0.350 e. The molecule has 2 heterocycles. The Kier molecular flexibility index (Phi) is 18.2. The van der Waals surface area contributed by atoms with Crippen LogP contribution in [-0.2, 0) is 4.74 Å². The molecular weight excluding hydrogens is 608 g/mol. The van der Waals surface area contributed by atoms with Crippen LogP contribution in [-0.4, -0.2) is 56.9 Å². The average molecular weight is 634 g/mol. The molecule has 2 aromatic rings. The molecular formula is C17H26Br2N6O6S2. The van der Waals surface area contributed by atoms with Crippen molar-refractivity contribution in [3.05, 3.63) is 29.5 Å². The number of aliphatic hydroxyl groups is 1. The fraction of sp³-hybridized carbons (Fsp3) is 0.294. The number of methoxy groups -OCH3 is 1. The van der Waals surface area contributed by atoms with Gasteiger partial charge in [0.15, 0.2) is 0 Å². The second-order valence-corrected chi connectivity index (χ2v) is 9.81. The van der Waals surface area contributed by atoms with Crippen molar-refractivity contribution in [2.45, 2.75) is 6.92 Å². The molecule has 12 nitrogen and oxygen atoms in total. The second kappa shape index (κ2) is 18.2. The number of amides is 5. The van der Waals surface area contributed by atoms with Crippen LogP contribution in [0.5, 0.6) is 0 Å². The number of urea groups is 2. The van der Waals surface area contributed by atoms with Crippen LogP contribution in [0.15, 0.2) is 19.7 Å². The first-order valence-corrected chi connectivity index (χ1v) is 11.9. The first kappa shape index (κ1) is 32.9. The number of esters is 1. The normalized spacial score (nSPS) is 8.85. The second-order valence-electron chi connectivity index (χ2n) is 4.95. The molecule has 33 heavy (non-hydrogen) atoms. The minimum atomic E-state index is -0.722. The molecule has 0 aliphatic rings. The van der Waals surface area contributed by atoms with E-state index in [1.54, 1.807) is 19.1 Å². The molecule has 0 bridgehead atoms. The van der Waals surface area contributed by atoms with Crippen molar-refractivity contribution in [2.75, 3.05) is 38.4 Å². The summed E-state index contributed by atoms with van der Waals surface area (Å²) in [5.74, 6) is -0.770. The van der Waals surface area contributed by atoms with Gasteiger partial charge in [-0.05, 0) is 58.0 Å². The third kappa shape index (κ3) is 13.2. The van der Waals surface area contributed by atoms with E-state index in [1.165, 1.54) is 32.5 Å². The molecule has 0 aromatic carbocycles. The standard InChI is InChI=1S/C7H8BrN3O2S.C7H7BrN2O3S.C2H6O.CH5N/c1-10-6(12)5-3(11-7(9)13)2-4(8)14-5;1-13-6(11)5-3(10-7(9)12)2-4(8)14-5;1-2-3;1-2/h2H,1H3,(H,10,12)(H3,9,11,13);2H,1H3,(H3,9,10,12);3H,2H2,1H3;2H2,1H3. The largest absolute Gasteiger partial charge is 0.465 e. The number of hydrogen-bond donors (Lipinski definition) is 7. The number of nitrogens with two attached hydrogens (primary N) is 3. The summed E-state index contributed by atoms with van der Waals surface area (Å²) in [5.41, 5.74) is 15.1. The number of primary amides is 2. The van der Waals surface area contributed by atoms with Crippen LogP contribution >= 0.6 is 54.5 Å². The van der Waals surface area contributed by atoms with Gasteiger partial charge in [-0.1, -0.05) is 0 Å². The van der Waals surface area contributed by atoms with E-state index in [9.17, 15) is 19.2 Å². The number of carbonyl (C=O) groups is 4. The monoisotopic (exact) mass is 632 g/mol. The van der Waals surface area contributed by atoms with Gasteiger partial charge in [0.05, 0.1) is 26.1 Å². The first-order valence-electron chi connectivity index (χ1n) is 8.71. The Labute approximate surface area is 215 Å². The van der Waals surface area contributed by atoms with E-state index in [4.69, 9.17) is 16.6 Å². The number of ether oxygens (including phenoxy) is 1. The zero-order valence-electron chi connectivity index (χ0n) is 18.2. The summed E-state index contributed by atoms with van der Waals surface area (Å²) in [6, 6.07) is 1.79. The van der Waals surface area contributed by atoms with Gasteiger partial charge in [0, 0.05) is 13.7 Å². The molecule has 2 rings (SSSR count). The SMILES string of the molecule is CCO.CN.CNC(=O)c1sc(Br)cc1NC(N)=O.COC(=O)c1sc(Br)cc1NC(N)=O. The molecule has 186 valence electrons. The van der Waals surface area contributed by atoms with Gasteiger partial charge in [-0.2, -0.15) is 0 Å². The van der Waals surface area contributed by atoms with E-state index in [2.05, 4.69) is 58.3 Å². The van der Waals surface area contributed by atoms with Crippen molar-refractivity contribution in [2.24, 2.45) is 17.2 Å². The van der Waals surface area contributed by atoms with Crippen LogP contribution in [0.3, 0.4) is 0 Å². The minimum absolute atomic E-state index is 0.250. The minimum Gasteiger partial charge on any atom is -0.465 e. The Morgan fingerprint density at radius 1 is 0.970 bits per heavy atom. The van der Waals surface area contributed by atoms with Crippen molar-refractivity contribution in [1.29, 1.82) is 0 Å². The Bertz CT molecular complexity index is 850. The molecule has 0 radical (unpaired) electrons. The predicted molar refractivity (Wildman–Crippen MR) is 138 cm³/mol. The van der Waals surface area contributed by atoms with E-state index in [1.807, 2.05) is 0 Å². The van der Waals surface area contributed by atoms with E-state index >= 15 is 0 Å². The maximum atomic E-state index is 11.3. The topological polar surface area (TPSA) is 212 Å². The number of aliphatic hydroxyl groups excluding tert-OH is 1. The molecule has 0 aliphatic carbocycles. The highest BCUT2D eigenvalue weighted by Crippen LogP contribution is 2.32. The van der Waals surface area contributed by atoms with Crippen LogP contribution in [0, 0.1) is 0 Å². The van der Waals surface area contributed by atoms with Gasteiger partial charge in [0.25, 0.3) is 5.91 Å². The van der Waals surface area contributed by atoms with Gasteiger partial charge in [0.1, 0.15) is 9.75 Å². The van der Waals surface area contributed by atoms with Gasteiger partial charge in [-0.15, -0.1) is 22.7 Å². The molecule has 5 amide bonds. The molecule has 16 heteroatoms. The number of halogens is 2. The number of nitrogens with one attached hydrogen (secondary N) is 3. The highest BCUT2D eigenvalue weighted by Gasteiger charge is 2.17. The van der Waals surface area contributed by atoms with Crippen LogP contribution in [0.4, 0.5) is 21.0 Å². The molecule has 0 saturated heterocycles. The van der Waals surface area contributed by atoms with Crippen LogP contribution < -0.4 is 33.2 Å². The quantitative estimate of drug-likeness (QED) is 0.250. The summed E-state index contributed by atoms with van der Waals surface area (Å²) in [4.78, 5) is 44.4. The molecule has 0 unspecified atom stereocenters. The van der Waals surface area contributed by atoms with Crippen molar-refractivity contribution < 1.29 is 29.0 Å². The predicted octanol–water partition coefficient (Wildman–Crippen LogP) is 2.72. The molecule has 0 aliphatic heterocycles. The zero-order valence-corrected chi connectivity index (χ0v) is 23.0. The van der Waals surface area contributed by atoms with Gasteiger partial charge >= 0.3 is 18.0 Å². The molecule has 0 atom stereocenters. The fourth-order valence-electron chi connectivity index (χ4n) is 1.70. The highest BCUT2D eigenvalue weighted by molar-refractivity contribution is 9.11. The van der Waals surface area contributed by atoms with Gasteiger partial charge in [-0.25, -0.2) is 14.4 Å². The first-order chi connectivity index (χ1) is 15.5. The van der Waals surface area contributed by atoms with Crippen molar-refractivity contribution in [3.8, 4) is 0 Å².